The minimum atomic E-state index is -1.01. The fourth-order valence-corrected chi connectivity index (χ4v) is 2.19. The summed E-state index contributed by atoms with van der Waals surface area (Å²) in [5.74, 6) is 0. The first-order valence-corrected chi connectivity index (χ1v) is 4.77. The summed E-state index contributed by atoms with van der Waals surface area (Å²) >= 11 is 12.2. The number of halogens is 2. The molecule has 0 aromatic carbocycles. The van der Waals surface area contributed by atoms with Crippen LogP contribution in [-0.4, -0.2) is 21.3 Å². The van der Waals surface area contributed by atoms with E-state index in [4.69, 9.17) is 28.3 Å². The first kappa shape index (κ1) is 10.2. The lowest BCUT2D eigenvalue weighted by molar-refractivity contribution is 0.0327. The summed E-state index contributed by atoms with van der Waals surface area (Å²) in [5, 5.41) is 18.6. The van der Waals surface area contributed by atoms with Gasteiger partial charge in [0.25, 0.3) is 0 Å². The van der Waals surface area contributed by atoms with Crippen molar-refractivity contribution in [3.63, 3.8) is 0 Å². The van der Waals surface area contributed by atoms with Crippen molar-refractivity contribution >= 4 is 34.5 Å². The molecule has 0 bridgehead atoms. The largest absolute Gasteiger partial charge is 0.390 e. The van der Waals surface area contributed by atoms with E-state index in [1.807, 2.05) is 0 Å². The monoisotopic (exact) mass is 227 g/mol. The van der Waals surface area contributed by atoms with Crippen LogP contribution in [0.4, 0.5) is 0 Å². The minimum Gasteiger partial charge on any atom is -0.390 e. The molecule has 0 radical (unpaired) electrons. The van der Waals surface area contributed by atoms with E-state index in [0.29, 0.717) is 4.88 Å². The molecule has 12 heavy (non-hydrogen) atoms. The predicted octanol–water partition coefficient (Wildman–Crippen LogP) is 1.86. The highest BCUT2D eigenvalue weighted by molar-refractivity contribution is 7.16. The van der Waals surface area contributed by atoms with E-state index in [9.17, 15) is 5.11 Å². The third-order valence-corrected chi connectivity index (χ3v) is 2.94. The number of thiazole rings is 1. The maximum Gasteiger partial charge on any atom is 0.185 e. The van der Waals surface area contributed by atoms with E-state index in [0.717, 1.165) is 11.3 Å². The molecular weight excluding hydrogens is 221 g/mol. The van der Waals surface area contributed by atoms with Gasteiger partial charge in [-0.05, 0) is 6.92 Å². The molecule has 0 aliphatic rings. The summed E-state index contributed by atoms with van der Waals surface area (Å²) in [6.07, 6.45) is -1.89. The Morgan fingerprint density at radius 1 is 1.42 bits per heavy atom. The molecule has 2 unspecified atom stereocenters. The standard InChI is InChI=1S/C6H7Cl2NO2S/c1-2(10)3(11)4-5(7)9-6(8)12-4/h2-3,10-11H,1H3. The summed E-state index contributed by atoms with van der Waals surface area (Å²) in [6.45, 7) is 1.47. The second-order valence-electron chi connectivity index (χ2n) is 2.31. The lowest BCUT2D eigenvalue weighted by atomic mass is 10.2. The SMILES string of the molecule is CC(O)C(O)c1sc(Cl)nc1Cl. The average molecular weight is 228 g/mol. The molecule has 2 atom stereocenters. The molecule has 3 nitrogen and oxygen atoms in total. The highest BCUT2D eigenvalue weighted by Gasteiger charge is 2.20. The second-order valence-corrected chi connectivity index (χ2v) is 4.28. The summed E-state index contributed by atoms with van der Waals surface area (Å²) < 4.78 is 0.259. The zero-order valence-corrected chi connectivity index (χ0v) is 8.49. The molecule has 0 saturated carbocycles. The van der Waals surface area contributed by atoms with Gasteiger partial charge in [0.2, 0.25) is 0 Å². The Hall–Kier alpha value is 0.130. The summed E-state index contributed by atoms with van der Waals surface area (Å²) in [6, 6.07) is 0. The van der Waals surface area contributed by atoms with Gasteiger partial charge < -0.3 is 10.2 Å². The van der Waals surface area contributed by atoms with Crippen molar-refractivity contribution in [2.45, 2.75) is 19.1 Å². The topological polar surface area (TPSA) is 53.4 Å². The first-order chi connectivity index (χ1) is 5.52. The Balaban J connectivity index is 2.94. The van der Waals surface area contributed by atoms with Gasteiger partial charge in [-0.3, -0.25) is 0 Å². The van der Waals surface area contributed by atoms with Crippen molar-refractivity contribution in [2.75, 3.05) is 0 Å². The van der Waals surface area contributed by atoms with Crippen molar-refractivity contribution in [1.82, 2.24) is 4.98 Å². The first-order valence-electron chi connectivity index (χ1n) is 3.20. The predicted molar refractivity (Wildman–Crippen MR) is 48.8 cm³/mol. The summed E-state index contributed by atoms with van der Waals surface area (Å²) in [5.41, 5.74) is 0. The number of aliphatic hydroxyl groups excluding tert-OH is 2. The van der Waals surface area contributed by atoms with Crippen LogP contribution in [0, 0.1) is 0 Å². The molecule has 0 saturated heterocycles. The fourth-order valence-electron chi connectivity index (χ4n) is 0.689. The lowest BCUT2D eigenvalue weighted by Gasteiger charge is -2.10. The van der Waals surface area contributed by atoms with Crippen LogP contribution in [0.15, 0.2) is 0 Å². The fraction of sp³-hybridized carbons (Fsp3) is 0.500. The van der Waals surface area contributed by atoms with Crippen LogP contribution in [0.3, 0.4) is 0 Å². The quantitative estimate of drug-likeness (QED) is 0.812. The normalized spacial score (nSPS) is 16.1. The summed E-state index contributed by atoms with van der Waals surface area (Å²) in [7, 11) is 0. The molecule has 1 heterocycles. The lowest BCUT2D eigenvalue weighted by Crippen LogP contribution is -2.12. The van der Waals surface area contributed by atoms with E-state index in [-0.39, 0.29) is 9.62 Å². The van der Waals surface area contributed by atoms with Crippen LogP contribution in [0.5, 0.6) is 0 Å². The van der Waals surface area contributed by atoms with Crippen molar-refractivity contribution in [3.05, 3.63) is 14.5 Å². The van der Waals surface area contributed by atoms with Gasteiger partial charge in [-0.25, -0.2) is 4.98 Å². The maximum atomic E-state index is 9.37. The van der Waals surface area contributed by atoms with Crippen LogP contribution in [-0.2, 0) is 0 Å². The van der Waals surface area contributed by atoms with Gasteiger partial charge in [0, 0.05) is 0 Å². The molecule has 0 aliphatic heterocycles. The van der Waals surface area contributed by atoms with Crippen molar-refractivity contribution < 1.29 is 10.2 Å². The smallest absolute Gasteiger partial charge is 0.185 e. The number of nitrogens with zero attached hydrogens (tertiary/aromatic N) is 1. The van der Waals surface area contributed by atoms with Gasteiger partial charge >= 0.3 is 0 Å². The Kier molecular flexibility index (Phi) is 3.31. The minimum absolute atomic E-state index is 0.151. The second kappa shape index (κ2) is 3.89. The molecule has 68 valence electrons. The third-order valence-electron chi connectivity index (χ3n) is 1.31. The Morgan fingerprint density at radius 2 is 2.00 bits per heavy atom. The van der Waals surface area contributed by atoms with E-state index in [1.165, 1.54) is 6.92 Å². The van der Waals surface area contributed by atoms with Gasteiger partial charge in [-0.2, -0.15) is 0 Å². The molecule has 0 amide bonds. The summed E-state index contributed by atoms with van der Waals surface area (Å²) in [4.78, 5) is 4.09. The van der Waals surface area contributed by atoms with Crippen LogP contribution >= 0.6 is 34.5 Å². The van der Waals surface area contributed by atoms with Crippen LogP contribution in [0.25, 0.3) is 0 Å². The van der Waals surface area contributed by atoms with E-state index in [1.54, 1.807) is 0 Å². The molecule has 1 rings (SSSR count). The number of hydrogen-bond acceptors (Lipinski definition) is 4. The molecule has 0 fully saturated rings. The zero-order valence-electron chi connectivity index (χ0n) is 6.16. The molecule has 2 N–H and O–H groups in total. The van der Waals surface area contributed by atoms with Gasteiger partial charge in [-0.15, -0.1) is 11.3 Å². The highest BCUT2D eigenvalue weighted by atomic mass is 35.5. The molecule has 0 aliphatic carbocycles. The average Bonchev–Trinajstić information content (AvgIpc) is 2.28. The van der Waals surface area contributed by atoms with Gasteiger partial charge in [0.05, 0.1) is 11.0 Å². The molecule has 0 spiro atoms. The molecule has 1 aromatic heterocycles. The van der Waals surface area contributed by atoms with Crippen LogP contribution in [0.1, 0.15) is 17.9 Å². The van der Waals surface area contributed by atoms with Crippen LogP contribution in [0.2, 0.25) is 9.62 Å². The zero-order chi connectivity index (χ0) is 9.30. The maximum absolute atomic E-state index is 9.37. The van der Waals surface area contributed by atoms with Gasteiger partial charge in [0.15, 0.2) is 4.47 Å². The Labute approximate surface area is 83.6 Å². The number of aromatic nitrogens is 1. The van der Waals surface area contributed by atoms with E-state index < -0.39 is 12.2 Å². The highest BCUT2D eigenvalue weighted by Crippen LogP contribution is 2.33. The number of rotatable bonds is 2. The number of hydrogen-bond donors (Lipinski definition) is 2. The van der Waals surface area contributed by atoms with Gasteiger partial charge in [0.1, 0.15) is 11.3 Å². The van der Waals surface area contributed by atoms with Crippen molar-refractivity contribution in [3.8, 4) is 0 Å². The van der Waals surface area contributed by atoms with Crippen molar-refractivity contribution in [1.29, 1.82) is 0 Å². The Bertz CT molecular complexity index is 277. The molecule has 1 aromatic rings. The van der Waals surface area contributed by atoms with Gasteiger partial charge in [-0.1, -0.05) is 23.2 Å². The van der Waals surface area contributed by atoms with Crippen LogP contribution < -0.4 is 0 Å². The van der Waals surface area contributed by atoms with Crippen molar-refractivity contribution in [2.24, 2.45) is 0 Å². The Morgan fingerprint density at radius 3 is 2.33 bits per heavy atom. The number of aliphatic hydroxyl groups is 2. The van der Waals surface area contributed by atoms with E-state index in [2.05, 4.69) is 4.98 Å². The third kappa shape index (κ3) is 2.08. The van der Waals surface area contributed by atoms with E-state index >= 15 is 0 Å². The molecule has 6 heteroatoms. The molecular formula is C6H7Cl2NO2S.